The summed E-state index contributed by atoms with van der Waals surface area (Å²) < 4.78 is 14.0. The second kappa shape index (κ2) is 12.3. The van der Waals surface area contributed by atoms with Crippen molar-refractivity contribution >= 4 is 11.9 Å². The molecule has 8 heteroatoms. The van der Waals surface area contributed by atoms with Gasteiger partial charge in [0.25, 0.3) is 0 Å². The number of nitrogens with zero attached hydrogens (tertiary/aromatic N) is 4. The van der Waals surface area contributed by atoms with Gasteiger partial charge in [-0.2, -0.15) is 10.2 Å². The lowest BCUT2D eigenvalue weighted by Gasteiger charge is -2.06. The summed E-state index contributed by atoms with van der Waals surface area (Å²) in [4.78, 5) is 24.0. The van der Waals surface area contributed by atoms with Crippen LogP contribution in [0.1, 0.15) is 30.4 Å². The van der Waals surface area contributed by atoms with Gasteiger partial charge in [0, 0.05) is 31.7 Å². The highest BCUT2D eigenvalue weighted by atomic mass is 16.5. The topological polar surface area (TPSA) is 88.2 Å². The fourth-order valence-corrected chi connectivity index (χ4v) is 3.49. The van der Waals surface area contributed by atoms with Crippen LogP contribution in [0, 0.1) is 0 Å². The van der Waals surface area contributed by atoms with Gasteiger partial charge in [0.15, 0.2) is 0 Å². The fraction of sp³-hybridized carbons (Fsp3) is 0.259. The second-order valence-electron chi connectivity index (χ2n) is 8.05. The third-order valence-electron chi connectivity index (χ3n) is 5.36. The summed E-state index contributed by atoms with van der Waals surface area (Å²) in [6.07, 6.45) is 9.47. The summed E-state index contributed by atoms with van der Waals surface area (Å²) in [6, 6.07) is 19.6. The van der Waals surface area contributed by atoms with Gasteiger partial charge >= 0.3 is 11.9 Å². The van der Waals surface area contributed by atoms with E-state index in [0.29, 0.717) is 19.3 Å². The number of para-hydroxylation sites is 2. The Morgan fingerprint density at radius 2 is 1.09 bits per heavy atom. The maximum Gasteiger partial charge on any atom is 0.306 e. The molecule has 2 heterocycles. The van der Waals surface area contributed by atoms with E-state index in [2.05, 4.69) is 10.2 Å². The molecule has 35 heavy (non-hydrogen) atoms. The molecule has 0 amide bonds. The summed E-state index contributed by atoms with van der Waals surface area (Å²) in [5, 5.41) is 8.66. The molecule has 4 aromatic rings. The molecule has 0 saturated carbocycles. The Kier molecular flexibility index (Phi) is 8.42. The van der Waals surface area contributed by atoms with E-state index in [4.69, 9.17) is 9.47 Å². The first-order chi connectivity index (χ1) is 17.2. The zero-order valence-corrected chi connectivity index (χ0v) is 19.5. The highest BCUT2D eigenvalue weighted by Crippen LogP contribution is 2.11. The molecule has 2 aromatic carbocycles. The number of benzene rings is 2. The quantitative estimate of drug-likeness (QED) is 0.228. The van der Waals surface area contributed by atoms with Crippen molar-refractivity contribution in [3.8, 4) is 11.4 Å². The van der Waals surface area contributed by atoms with Crippen LogP contribution in [0.15, 0.2) is 85.5 Å². The number of esters is 2. The number of aryl methyl sites for hydroxylation is 2. The number of aromatic nitrogens is 4. The van der Waals surface area contributed by atoms with Gasteiger partial charge in [-0.1, -0.05) is 36.4 Å². The van der Waals surface area contributed by atoms with E-state index in [9.17, 15) is 9.59 Å². The predicted molar refractivity (Wildman–Crippen MR) is 130 cm³/mol. The SMILES string of the molecule is O=C(CCc1cnn(-c2ccccc2)c1)OCCCOC(=O)CCc1cnn(-c2ccccc2)c1. The molecule has 0 spiro atoms. The van der Waals surface area contributed by atoms with Crippen LogP contribution in [-0.4, -0.2) is 44.7 Å². The van der Waals surface area contributed by atoms with Crippen LogP contribution in [0.4, 0.5) is 0 Å². The van der Waals surface area contributed by atoms with Crippen molar-refractivity contribution in [2.24, 2.45) is 0 Å². The van der Waals surface area contributed by atoms with Crippen LogP contribution >= 0.6 is 0 Å². The van der Waals surface area contributed by atoms with Gasteiger partial charge in [-0.3, -0.25) is 9.59 Å². The molecule has 0 unspecified atom stereocenters. The minimum atomic E-state index is -0.279. The first kappa shape index (κ1) is 23.9. The number of ether oxygens (including phenoxy) is 2. The van der Waals surface area contributed by atoms with E-state index >= 15 is 0 Å². The van der Waals surface area contributed by atoms with Gasteiger partial charge in [0.2, 0.25) is 0 Å². The Labute approximate surface area is 204 Å². The zero-order valence-electron chi connectivity index (χ0n) is 19.5. The number of hydrogen-bond donors (Lipinski definition) is 0. The van der Waals surface area contributed by atoms with Crippen molar-refractivity contribution in [1.82, 2.24) is 19.6 Å². The molecule has 8 nitrogen and oxygen atoms in total. The standard InChI is InChI=1S/C27H28N4O4/c32-26(14-12-22-18-28-30(20-22)24-8-3-1-4-9-24)34-16-7-17-35-27(33)15-13-23-19-29-31(21-23)25-10-5-2-6-11-25/h1-6,8-11,18-21H,7,12-17H2. The largest absolute Gasteiger partial charge is 0.466 e. The molecule has 0 bridgehead atoms. The van der Waals surface area contributed by atoms with Crippen molar-refractivity contribution < 1.29 is 19.1 Å². The third-order valence-corrected chi connectivity index (χ3v) is 5.36. The number of carbonyl (C=O) groups excluding carboxylic acids is 2. The van der Waals surface area contributed by atoms with E-state index in [1.165, 1.54) is 0 Å². The number of rotatable bonds is 12. The van der Waals surface area contributed by atoms with Crippen LogP contribution in [0.3, 0.4) is 0 Å². The summed E-state index contributed by atoms with van der Waals surface area (Å²) in [5.41, 5.74) is 3.87. The molecule has 180 valence electrons. The van der Waals surface area contributed by atoms with Gasteiger partial charge in [0.05, 0.1) is 37.0 Å². The lowest BCUT2D eigenvalue weighted by Crippen LogP contribution is -2.11. The molecule has 2 aromatic heterocycles. The predicted octanol–water partition coefficient (Wildman–Crippen LogP) is 4.10. The Morgan fingerprint density at radius 1 is 0.657 bits per heavy atom. The molecule has 0 saturated heterocycles. The monoisotopic (exact) mass is 472 g/mol. The molecule has 0 radical (unpaired) electrons. The van der Waals surface area contributed by atoms with Crippen LogP contribution < -0.4 is 0 Å². The van der Waals surface area contributed by atoms with Crippen LogP contribution in [-0.2, 0) is 31.9 Å². The normalized spacial score (nSPS) is 10.7. The molecular weight excluding hydrogens is 444 g/mol. The molecular formula is C27H28N4O4. The van der Waals surface area contributed by atoms with E-state index in [-0.39, 0.29) is 38.0 Å². The van der Waals surface area contributed by atoms with Gasteiger partial charge in [0.1, 0.15) is 0 Å². The number of hydrogen-bond acceptors (Lipinski definition) is 6. The van der Waals surface area contributed by atoms with Crippen LogP contribution in [0.25, 0.3) is 11.4 Å². The lowest BCUT2D eigenvalue weighted by atomic mass is 10.2. The maximum absolute atomic E-state index is 12.0. The third kappa shape index (κ3) is 7.40. The van der Waals surface area contributed by atoms with Crippen molar-refractivity contribution in [3.63, 3.8) is 0 Å². The van der Waals surface area contributed by atoms with Gasteiger partial charge < -0.3 is 9.47 Å². The highest BCUT2D eigenvalue weighted by Gasteiger charge is 2.08. The van der Waals surface area contributed by atoms with Gasteiger partial charge in [-0.05, 0) is 48.2 Å². The Morgan fingerprint density at radius 3 is 1.51 bits per heavy atom. The Hall–Kier alpha value is -4.20. The lowest BCUT2D eigenvalue weighted by molar-refractivity contribution is -0.146. The van der Waals surface area contributed by atoms with Gasteiger partial charge in [-0.25, -0.2) is 9.36 Å². The summed E-state index contributed by atoms with van der Waals surface area (Å²) in [7, 11) is 0. The van der Waals surface area contributed by atoms with Crippen molar-refractivity contribution in [2.75, 3.05) is 13.2 Å². The smallest absolute Gasteiger partial charge is 0.306 e. The molecule has 0 fully saturated rings. The molecule has 0 N–H and O–H groups in total. The molecule has 0 aliphatic carbocycles. The number of carbonyl (C=O) groups is 2. The Balaban J connectivity index is 1.06. The Bertz CT molecular complexity index is 1120. The van der Waals surface area contributed by atoms with E-state index in [0.717, 1.165) is 22.5 Å². The van der Waals surface area contributed by atoms with Crippen LogP contribution in [0.5, 0.6) is 0 Å². The average molecular weight is 473 g/mol. The highest BCUT2D eigenvalue weighted by molar-refractivity contribution is 5.70. The van der Waals surface area contributed by atoms with Crippen LogP contribution in [0.2, 0.25) is 0 Å². The van der Waals surface area contributed by atoms with Crippen molar-refractivity contribution in [3.05, 3.63) is 96.6 Å². The minimum Gasteiger partial charge on any atom is -0.466 e. The average Bonchev–Trinajstić information content (AvgIpc) is 3.57. The van der Waals surface area contributed by atoms with E-state index in [1.807, 2.05) is 73.1 Å². The summed E-state index contributed by atoms with van der Waals surface area (Å²) >= 11 is 0. The molecule has 0 atom stereocenters. The van der Waals surface area contributed by atoms with E-state index < -0.39 is 0 Å². The van der Waals surface area contributed by atoms with E-state index in [1.54, 1.807) is 21.8 Å². The molecule has 0 aliphatic heterocycles. The summed E-state index contributed by atoms with van der Waals surface area (Å²) in [6.45, 7) is 0.443. The molecule has 4 rings (SSSR count). The van der Waals surface area contributed by atoms with Crippen molar-refractivity contribution in [1.29, 1.82) is 0 Å². The minimum absolute atomic E-state index is 0.221. The molecule has 0 aliphatic rings. The van der Waals surface area contributed by atoms with Gasteiger partial charge in [-0.15, -0.1) is 0 Å². The first-order valence-electron chi connectivity index (χ1n) is 11.7. The first-order valence-corrected chi connectivity index (χ1v) is 11.7. The fourth-order valence-electron chi connectivity index (χ4n) is 3.49. The van der Waals surface area contributed by atoms with Crippen molar-refractivity contribution in [2.45, 2.75) is 32.1 Å². The summed E-state index contributed by atoms with van der Waals surface area (Å²) in [5.74, 6) is -0.557. The zero-order chi connectivity index (χ0) is 24.3. The maximum atomic E-state index is 12.0. The second-order valence-corrected chi connectivity index (χ2v) is 8.05.